The summed E-state index contributed by atoms with van der Waals surface area (Å²) in [6.07, 6.45) is -3.86. The first-order chi connectivity index (χ1) is 10.3. The van der Waals surface area contributed by atoms with Crippen LogP contribution in [0.4, 0.5) is 13.2 Å². The minimum Gasteiger partial charge on any atom is -0.361 e. The van der Waals surface area contributed by atoms with Crippen LogP contribution in [0.15, 0.2) is 28.8 Å². The first-order valence-corrected chi connectivity index (χ1v) is 6.66. The van der Waals surface area contributed by atoms with Crippen molar-refractivity contribution in [3.63, 3.8) is 0 Å². The lowest BCUT2D eigenvalue weighted by Crippen LogP contribution is -2.26. The molecule has 0 bridgehead atoms. The number of carbonyl (C=O) groups is 1. The van der Waals surface area contributed by atoms with E-state index in [4.69, 9.17) is 4.52 Å². The van der Waals surface area contributed by atoms with Crippen LogP contribution < -0.4 is 5.32 Å². The Balaban J connectivity index is 1.93. The Labute approximate surface area is 125 Å². The molecule has 0 aliphatic heterocycles. The van der Waals surface area contributed by atoms with Crippen molar-refractivity contribution in [3.05, 3.63) is 52.4 Å². The maximum absolute atomic E-state index is 12.4. The molecule has 1 heterocycles. The highest BCUT2D eigenvalue weighted by Gasteiger charge is 2.30. The monoisotopic (exact) mass is 312 g/mol. The summed E-state index contributed by atoms with van der Waals surface area (Å²) in [7, 11) is 0. The molecular weight excluding hydrogens is 297 g/mol. The van der Waals surface area contributed by atoms with Gasteiger partial charge >= 0.3 is 6.18 Å². The highest BCUT2D eigenvalue weighted by atomic mass is 19.4. The van der Waals surface area contributed by atoms with E-state index in [1.165, 1.54) is 0 Å². The van der Waals surface area contributed by atoms with E-state index in [-0.39, 0.29) is 5.56 Å². The number of aromatic nitrogens is 1. The quantitative estimate of drug-likeness (QED) is 0.942. The summed E-state index contributed by atoms with van der Waals surface area (Å²) < 4.78 is 42.3. The molecule has 2 rings (SSSR count). The molecule has 2 aromatic rings. The van der Waals surface area contributed by atoms with Gasteiger partial charge in [0.15, 0.2) is 0 Å². The van der Waals surface area contributed by atoms with Crippen LogP contribution in [0.25, 0.3) is 0 Å². The van der Waals surface area contributed by atoms with Gasteiger partial charge in [-0.3, -0.25) is 4.79 Å². The van der Waals surface area contributed by atoms with Crippen LogP contribution in [-0.2, 0) is 12.6 Å². The maximum Gasteiger partial charge on any atom is 0.416 e. The number of amides is 1. The number of nitrogens with zero attached hydrogens (tertiary/aromatic N) is 1. The van der Waals surface area contributed by atoms with E-state index in [1.54, 1.807) is 6.92 Å². The van der Waals surface area contributed by atoms with Crippen molar-refractivity contribution >= 4 is 5.91 Å². The van der Waals surface area contributed by atoms with E-state index >= 15 is 0 Å². The minimum absolute atomic E-state index is 0.187. The Morgan fingerprint density at radius 1 is 1.23 bits per heavy atom. The van der Waals surface area contributed by atoms with Crippen molar-refractivity contribution in [1.29, 1.82) is 0 Å². The van der Waals surface area contributed by atoms with Gasteiger partial charge in [-0.25, -0.2) is 0 Å². The summed E-state index contributed by atoms with van der Waals surface area (Å²) in [5, 5.41) is 6.47. The second kappa shape index (κ2) is 6.21. The lowest BCUT2D eigenvalue weighted by molar-refractivity contribution is -0.137. The van der Waals surface area contributed by atoms with E-state index in [0.717, 1.165) is 35.5 Å². The van der Waals surface area contributed by atoms with E-state index in [9.17, 15) is 18.0 Å². The number of benzene rings is 1. The number of carbonyl (C=O) groups excluding carboxylic acids is 1. The van der Waals surface area contributed by atoms with Crippen LogP contribution >= 0.6 is 0 Å². The molecule has 0 radical (unpaired) electrons. The number of aryl methyl sites for hydroxylation is 2. The standard InChI is InChI=1S/C15H15F3N2O2/c1-9-13(10(2)22-20-9)7-8-19-14(21)11-3-5-12(6-4-11)15(16,17)18/h3-6H,7-8H2,1-2H3,(H,19,21). The van der Waals surface area contributed by atoms with Gasteiger partial charge in [-0.05, 0) is 44.5 Å². The predicted octanol–water partition coefficient (Wildman–Crippen LogP) is 3.28. The lowest BCUT2D eigenvalue weighted by Gasteiger charge is -2.08. The second-order valence-corrected chi connectivity index (χ2v) is 4.88. The highest BCUT2D eigenvalue weighted by molar-refractivity contribution is 5.94. The molecule has 0 atom stereocenters. The van der Waals surface area contributed by atoms with Crippen LogP contribution in [-0.4, -0.2) is 17.6 Å². The van der Waals surface area contributed by atoms with E-state index in [1.807, 2.05) is 6.92 Å². The average molecular weight is 312 g/mol. The van der Waals surface area contributed by atoms with Crippen LogP contribution in [0, 0.1) is 13.8 Å². The molecule has 22 heavy (non-hydrogen) atoms. The largest absolute Gasteiger partial charge is 0.416 e. The summed E-state index contributed by atoms with van der Waals surface area (Å²) in [6, 6.07) is 4.11. The number of nitrogens with one attached hydrogen (secondary N) is 1. The van der Waals surface area contributed by atoms with Crippen LogP contribution in [0.2, 0.25) is 0 Å². The van der Waals surface area contributed by atoms with Crippen LogP contribution in [0.3, 0.4) is 0 Å². The zero-order valence-corrected chi connectivity index (χ0v) is 12.1. The van der Waals surface area contributed by atoms with Gasteiger partial charge in [0.1, 0.15) is 5.76 Å². The third-order valence-electron chi connectivity index (χ3n) is 3.32. The van der Waals surface area contributed by atoms with Gasteiger partial charge in [0, 0.05) is 17.7 Å². The topological polar surface area (TPSA) is 55.1 Å². The van der Waals surface area contributed by atoms with Gasteiger partial charge in [0.2, 0.25) is 0 Å². The van der Waals surface area contributed by atoms with Crippen molar-refractivity contribution in [2.75, 3.05) is 6.54 Å². The molecule has 4 nitrogen and oxygen atoms in total. The molecule has 0 spiro atoms. The fourth-order valence-corrected chi connectivity index (χ4v) is 2.07. The molecule has 118 valence electrons. The van der Waals surface area contributed by atoms with E-state index < -0.39 is 17.6 Å². The molecule has 1 aromatic carbocycles. The normalized spacial score (nSPS) is 11.5. The molecule has 0 aliphatic rings. The first kappa shape index (κ1) is 16.1. The van der Waals surface area contributed by atoms with Crippen molar-refractivity contribution < 1.29 is 22.5 Å². The Morgan fingerprint density at radius 2 is 1.86 bits per heavy atom. The molecule has 0 saturated carbocycles. The molecule has 0 aliphatic carbocycles. The number of rotatable bonds is 4. The van der Waals surface area contributed by atoms with Crippen LogP contribution in [0.1, 0.15) is 32.9 Å². The van der Waals surface area contributed by atoms with E-state index in [0.29, 0.717) is 18.7 Å². The fourth-order valence-electron chi connectivity index (χ4n) is 2.07. The first-order valence-electron chi connectivity index (χ1n) is 6.66. The minimum atomic E-state index is -4.40. The lowest BCUT2D eigenvalue weighted by atomic mass is 10.1. The van der Waals surface area contributed by atoms with Gasteiger partial charge in [0.05, 0.1) is 11.3 Å². The summed E-state index contributed by atoms with van der Waals surface area (Å²) in [6.45, 7) is 3.94. The molecule has 0 unspecified atom stereocenters. The SMILES string of the molecule is Cc1noc(C)c1CCNC(=O)c1ccc(C(F)(F)F)cc1. The van der Waals surface area contributed by atoms with Gasteiger partial charge in [-0.15, -0.1) is 0 Å². The van der Waals surface area contributed by atoms with E-state index in [2.05, 4.69) is 10.5 Å². The van der Waals surface area contributed by atoms with Crippen molar-refractivity contribution in [2.24, 2.45) is 0 Å². The van der Waals surface area contributed by atoms with Crippen molar-refractivity contribution in [1.82, 2.24) is 10.5 Å². The molecule has 0 fully saturated rings. The number of alkyl halides is 3. The number of halogens is 3. The Kier molecular flexibility index (Phi) is 4.54. The molecule has 0 saturated heterocycles. The summed E-state index contributed by atoms with van der Waals surface area (Å²) >= 11 is 0. The van der Waals surface area contributed by atoms with Gasteiger partial charge < -0.3 is 9.84 Å². The third kappa shape index (κ3) is 3.66. The Morgan fingerprint density at radius 3 is 2.36 bits per heavy atom. The smallest absolute Gasteiger partial charge is 0.361 e. The van der Waals surface area contributed by atoms with Gasteiger partial charge in [-0.1, -0.05) is 5.16 Å². The van der Waals surface area contributed by atoms with Crippen LogP contribution in [0.5, 0.6) is 0 Å². The second-order valence-electron chi connectivity index (χ2n) is 4.88. The highest BCUT2D eigenvalue weighted by Crippen LogP contribution is 2.29. The van der Waals surface area contributed by atoms with Gasteiger partial charge in [-0.2, -0.15) is 13.2 Å². The number of hydrogen-bond acceptors (Lipinski definition) is 3. The van der Waals surface area contributed by atoms with Crippen molar-refractivity contribution in [3.8, 4) is 0 Å². The predicted molar refractivity (Wildman–Crippen MR) is 73.5 cm³/mol. The molecule has 1 aromatic heterocycles. The molecular formula is C15H15F3N2O2. The summed E-state index contributed by atoms with van der Waals surface area (Å²) in [5.41, 5.74) is 1.10. The third-order valence-corrected chi connectivity index (χ3v) is 3.32. The fraction of sp³-hybridized carbons (Fsp3) is 0.333. The zero-order valence-electron chi connectivity index (χ0n) is 12.1. The summed E-state index contributed by atoms with van der Waals surface area (Å²) in [5.74, 6) is 0.279. The Hall–Kier alpha value is -2.31. The number of hydrogen-bond donors (Lipinski definition) is 1. The zero-order chi connectivity index (χ0) is 16.3. The van der Waals surface area contributed by atoms with Crippen molar-refractivity contribution in [2.45, 2.75) is 26.4 Å². The molecule has 7 heteroatoms. The maximum atomic E-state index is 12.4. The average Bonchev–Trinajstić information content (AvgIpc) is 2.78. The molecule has 1 N–H and O–H groups in total. The Bertz CT molecular complexity index is 641. The summed E-state index contributed by atoms with van der Waals surface area (Å²) in [4.78, 5) is 11.9. The molecule has 1 amide bonds. The van der Waals surface area contributed by atoms with Gasteiger partial charge in [0.25, 0.3) is 5.91 Å².